The SMILES string of the molecule is C/C=N\OCCNS(=O)(=O)c1ccccc1. The summed E-state index contributed by atoms with van der Waals surface area (Å²) >= 11 is 0. The van der Waals surface area contributed by atoms with Crippen LogP contribution in [0, 0.1) is 0 Å². The Bertz CT molecular complexity index is 429. The molecule has 6 heteroatoms. The summed E-state index contributed by atoms with van der Waals surface area (Å²) in [5.41, 5.74) is 0. The van der Waals surface area contributed by atoms with Crippen LogP contribution in [0.25, 0.3) is 0 Å². The number of hydrogen-bond donors (Lipinski definition) is 1. The highest BCUT2D eigenvalue weighted by Gasteiger charge is 2.11. The molecule has 0 radical (unpaired) electrons. The maximum atomic E-state index is 11.7. The Balaban J connectivity index is 2.47. The fourth-order valence-electron chi connectivity index (χ4n) is 1.03. The minimum atomic E-state index is -3.43. The molecule has 1 aromatic rings. The molecule has 0 spiro atoms. The van der Waals surface area contributed by atoms with Crippen molar-refractivity contribution >= 4 is 16.2 Å². The normalized spacial score (nSPS) is 11.8. The molecule has 0 heterocycles. The molecule has 0 fully saturated rings. The summed E-state index contributed by atoms with van der Waals surface area (Å²) in [7, 11) is -3.43. The minimum absolute atomic E-state index is 0.189. The van der Waals surface area contributed by atoms with Gasteiger partial charge in [0.05, 0.1) is 4.90 Å². The Hall–Kier alpha value is -1.40. The molecule has 0 amide bonds. The highest BCUT2D eigenvalue weighted by Crippen LogP contribution is 2.06. The van der Waals surface area contributed by atoms with Crippen LogP contribution in [0.1, 0.15) is 6.92 Å². The number of nitrogens with zero attached hydrogens (tertiary/aromatic N) is 1. The summed E-state index contributed by atoms with van der Waals surface area (Å²) in [4.78, 5) is 5.00. The molecule has 0 atom stereocenters. The standard InChI is InChI=1S/C10H14N2O3S/c1-2-11-15-9-8-12-16(13,14)10-6-4-3-5-7-10/h2-7,12H,8-9H2,1H3/b11-2-. The quantitative estimate of drug-likeness (QED) is 0.459. The van der Waals surface area contributed by atoms with Crippen LogP contribution in [0.3, 0.4) is 0 Å². The zero-order valence-corrected chi connectivity index (χ0v) is 9.78. The van der Waals surface area contributed by atoms with Gasteiger partial charge in [-0.1, -0.05) is 23.4 Å². The topological polar surface area (TPSA) is 67.8 Å². The average molecular weight is 242 g/mol. The second kappa shape index (κ2) is 6.24. The molecule has 0 aliphatic heterocycles. The predicted octanol–water partition coefficient (Wildman–Crippen LogP) is 0.987. The van der Waals surface area contributed by atoms with Crippen molar-refractivity contribution in [3.05, 3.63) is 30.3 Å². The summed E-state index contributed by atoms with van der Waals surface area (Å²) in [5.74, 6) is 0. The summed E-state index contributed by atoms with van der Waals surface area (Å²) in [6.45, 7) is 2.11. The average Bonchev–Trinajstić information content (AvgIpc) is 2.30. The van der Waals surface area contributed by atoms with Crippen molar-refractivity contribution in [1.82, 2.24) is 4.72 Å². The molecule has 0 aliphatic carbocycles. The Labute approximate surface area is 95.2 Å². The van der Waals surface area contributed by atoms with Crippen molar-refractivity contribution in [2.24, 2.45) is 5.16 Å². The van der Waals surface area contributed by atoms with E-state index in [0.29, 0.717) is 0 Å². The molecule has 0 saturated carbocycles. The van der Waals surface area contributed by atoms with E-state index in [2.05, 4.69) is 9.88 Å². The lowest BCUT2D eigenvalue weighted by Gasteiger charge is -2.05. The fraction of sp³-hybridized carbons (Fsp3) is 0.300. The third kappa shape index (κ3) is 4.00. The van der Waals surface area contributed by atoms with Gasteiger partial charge in [0, 0.05) is 12.8 Å². The van der Waals surface area contributed by atoms with Gasteiger partial charge in [0.2, 0.25) is 10.0 Å². The van der Waals surface area contributed by atoms with Crippen LogP contribution in [0.5, 0.6) is 0 Å². The molecule has 16 heavy (non-hydrogen) atoms. The van der Waals surface area contributed by atoms with Crippen LogP contribution in [0.15, 0.2) is 40.4 Å². The number of hydrogen-bond acceptors (Lipinski definition) is 4. The molecule has 1 rings (SSSR count). The predicted molar refractivity (Wildman–Crippen MR) is 61.7 cm³/mol. The van der Waals surface area contributed by atoms with Crippen molar-refractivity contribution in [3.8, 4) is 0 Å². The molecule has 0 saturated heterocycles. The van der Waals surface area contributed by atoms with Gasteiger partial charge < -0.3 is 4.84 Å². The highest BCUT2D eigenvalue weighted by molar-refractivity contribution is 7.89. The van der Waals surface area contributed by atoms with Crippen LogP contribution in [-0.4, -0.2) is 27.8 Å². The van der Waals surface area contributed by atoms with Crippen molar-refractivity contribution in [2.45, 2.75) is 11.8 Å². The Morgan fingerprint density at radius 2 is 2.06 bits per heavy atom. The largest absolute Gasteiger partial charge is 0.395 e. The lowest BCUT2D eigenvalue weighted by Crippen LogP contribution is -2.27. The first-order chi connectivity index (χ1) is 7.67. The zero-order valence-electron chi connectivity index (χ0n) is 8.96. The van der Waals surface area contributed by atoms with E-state index in [1.54, 1.807) is 25.1 Å². The van der Waals surface area contributed by atoms with E-state index >= 15 is 0 Å². The second-order valence-corrected chi connectivity index (χ2v) is 4.67. The molecule has 1 N–H and O–H groups in total. The molecule has 0 bridgehead atoms. The van der Waals surface area contributed by atoms with E-state index in [1.165, 1.54) is 18.3 Å². The van der Waals surface area contributed by atoms with Gasteiger partial charge in [-0.05, 0) is 19.1 Å². The molecular weight excluding hydrogens is 228 g/mol. The van der Waals surface area contributed by atoms with Crippen LogP contribution >= 0.6 is 0 Å². The van der Waals surface area contributed by atoms with Gasteiger partial charge in [-0.3, -0.25) is 0 Å². The van der Waals surface area contributed by atoms with Gasteiger partial charge in [-0.2, -0.15) is 0 Å². The number of sulfonamides is 1. The van der Waals surface area contributed by atoms with Gasteiger partial charge in [0.1, 0.15) is 6.61 Å². The number of rotatable bonds is 6. The van der Waals surface area contributed by atoms with Crippen LogP contribution in [-0.2, 0) is 14.9 Å². The molecular formula is C10H14N2O3S. The van der Waals surface area contributed by atoms with Gasteiger partial charge in [-0.15, -0.1) is 0 Å². The van der Waals surface area contributed by atoms with Crippen LogP contribution in [0.2, 0.25) is 0 Å². The van der Waals surface area contributed by atoms with Gasteiger partial charge in [-0.25, -0.2) is 13.1 Å². The van der Waals surface area contributed by atoms with Crippen molar-refractivity contribution in [2.75, 3.05) is 13.2 Å². The van der Waals surface area contributed by atoms with Gasteiger partial charge in [0.15, 0.2) is 0 Å². The first kappa shape index (κ1) is 12.7. The van der Waals surface area contributed by atoms with Gasteiger partial charge >= 0.3 is 0 Å². The molecule has 0 aliphatic rings. The second-order valence-electron chi connectivity index (χ2n) is 2.91. The molecule has 0 unspecified atom stereocenters. The number of oxime groups is 1. The first-order valence-electron chi connectivity index (χ1n) is 4.81. The van der Waals surface area contributed by atoms with Gasteiger partial charge in [0.25, 0.3) is 0 Å². The third-order valence-corrected chi connectivity index (χ3v) is 3.20. The number of nitrogens with one attached hydrogen (secondary N) is 1. The maximum absolute atomic E-state index is 11.7. The van der Waals surface area contributed by atoms with Crippen molar-refractivity contribution in [3.63, 3.8) is 0 Å². The smallest absolute Gasteiger partial charge is 0.240 e. The Kier molecular flexibility index (Phi) is 4.94. The van der Waals surface area contributed by atoms with Crippen molar-refractivity contribution in [1.29, 1.82) is 0 Å². The van der Waals surface area contributed by atoms with E-state index in [-0.39, 0.29) is 18.0 Å². The maximum Gasteiger partial charge on any atom is 0.240 e. The molecule has 88 valence electrons. The highest BCUT2D eigenvalue weighted by atomic mass is 32.2. The van der Waals surface area contributed by atoms with E-state index in [1.807, 2.05) is 0 Å². The van der Waals surface area contributed by atoms with E-state index in [0.717, 1.165) is 0 Å². The Morgan fingerprint density at radius 3 is 2.69 bits per heavy atom. The van der Waals surface area contributed by atoms with E-state index in [9.17, 15) is 8.42 Å². The summed E-state index contributed by atoms with van der Waals surface area (Å²) < 4.78 is 25.7. The van der Waals surface area contributed by atoms with E-state index < -0.39 is 10.0 Å². The van der Waals surface area contributed by atoms with Crippen LogP contribution in [0.4, 0.5) is 0 Å². The molecule has 1 aromatic carbocycles. The fourth-order valence-corrected chi connectivity index (χ4v) is 2.07. The van der Waals surface area contributed by atoms with Crippen molar-refractivity contribution < 1.29 is 13.3 Å². The zero-order chi connectivity index (χ0) is 11.9. The lowest BCUT2D eigenvalue weighted by atomic mass is 10.4. The van der Waals surface area contributed by atoms with E-state index in [4.69, 9.17) is 4.84 Å². The third-order valence-electron chi connectivity index (χ3n) is 1.72. The summed E-state index contributed by atoms with van der Waals surface area (Å²) in [6.07, 6.45) is 1.49. The molecule has 0 aromatic heterocycles. The number of benzene rings is 1. The minimum Gasteiger partial charge on any atom is -0.395 e. The molecule has 5 nitrogen and oxygen atoms in total. The first-order valence-corrected chi connectivity index (χ1v) is 6.30. The lowest BCUT2D eigenvalue weighted by molar-refractivity contribution is 0.151. The Morgan fingerprint density at radius 1 is 1.38 bits per heavy atom. The summed E-state index contributed by atoms with van der Waals surface area (Å²) in [5, 5.41) is 3.50. The monoisotopic (exact) mass is 242 g/mol. The summed E-state index contributed by atoms with van der Waals surface area (Å²) in [6, 6.07) is 8.18. The van der Waals surface area contributed by atoms with Crippen LogP contribution < -0.4 is 4.72 Å².